The van der Waals surface area contributed by atoms with Crippen LogP contribution in [-0.4, -0.2) is 49.8 Å². The van der Waals surface area contributed by atoms with Gasteiger partial charge in [-0.1, -0.05) is 0 Å². The summed E-state index contributed by atoms with van der Waals surface area (Å²) < 4.78 is 14.3. The Bertz CT molecular complexity index is 437. The van der Waals surface area contributed by atoms with Crippen LogP contribution in [0, 0.1) is 0 Å². The van der Waals surface area contributed by atoms with Crippen molar-refractivity contribution >= 4 is 28.3 Å². The van der Waals surface area contributed by atoms with Crippen molar-refractivity contribution in [3.8, 4) is 0 Å². The molecule has 0 unspecified atom stereocenters. The van der Waals surface area contributed by atoms with Gasteiger partial charge in [0.15, 0.2) is 5.82 Å². The SMILES string of the molecule is COCCOCCCNc1snc(N)c1C(=O)NC(C)C. The molecular weight excluding hydrogens is 292 g/mol. The van der Waals surface area contributed by atoms with Crippen LogP contribution >= 0.6 is 11.5 Å². The number of hydrogen-bond donors (Lipinski definition) is 3. The Morgan fingerprint density at radius 3 is 2.81 bits per heavy atom. The first-order chi connectivity index (χ1) is 10.1. The zero-order chi connectivity index (χ0) is 15.7. The van der Waals surface area contributed by atoms with E-state index in [1.54, 1.807) is 7.11 Å². The summed E-state index contributed by atoms with van der Waals surface area (Å²) in [7, 11) is 1.64. The van der Waals surface area contributed by atoms with Crippen LogP contribution in [0.4, 0.5) is 10.8 Å². The third kappa shape index (κ3) is 6.28. The second-order valence-corrected chi connectivity index (χ2v) is 5.56. The Morgan fingerprint density at radius 1 is 1.38 bits per heavy atom. The van der Waals surface area contributed by atoms with Gasteiger partial charge >= 0.3 is 0 Å². The Hall–Kier alpha value is -1.38. The Morgan fingerprint density at radius 2 is 2.14 bits per heavy atom. The third-order valence-corrected chi connectivity index (χ3v) is 3.37. The van der Waals surface area contributed by atoms with Gasteiger partial charge in [0.05, 0.1) is 13.2 Å². The van der Waals surface area contributed by atoms with Crippen molar-refractivity contribution in [2.24, 2.45) is 0 Å². The van der Waals surface area contributed by atoms with Gasteiger partial charge in [0.25, 0.3) is 5.91 Å². The Labute approximate surface area is 129 Å². The number of ether oxygens (including phenoxy) is 2. The molecule has 0 atom stereocenters. The van der Waals surface area contributed by atoms with Crippen LogP contribution < -0.4 is 16.4 Å². The predicted molar refractivity (Wildman–Crippen MR) is 84.9 cm³/mol. The lowest BCUT2D eigenvalue weighted by Crippen LogP contribution is -2.30. The van der Waals surface area contributed by atoms with Crippen molar-refractivity contribution in [3.63, 3.8) is 0 Å². The number of nitrogens with two attached hydrogens (primary N) is 1. The van der Waals surface area contributed by atoms with E-state index in [1.807, 2.05) is 13.8 Å². The van der Waals surface area contributed by atoms with E-state index in [2.05, 4.69) is 15.0 Å². The first-order valence-corrected chi connectivity index (χ1v) is 7.70. The van der Waals surface area contributed by atoms with Crippen molar-refractivity contribution < 1.29 is 14.3 Å². The maximum absolute atomic E-state index is 12.1. The second-order valence-electron chi connectivity index (χ2n) is 4.79. The van der Waals surface area contributed by atoms with Gasteiger partial charge in [0.1, 0.15) is 10.6 Å². The molecule has 0 fully saturated rings. The summed E-state index contributed by atoms with van der Waals surface area (Å²) in [6, 6.07) is 0.0545. The number of amides is 1. The number of nitrogen functional groups attached to an aromatic ring is 1. The molecule has 7 nitrogen and oxygen atoms in total. The highest BCUT2D eigenvalue weighted by Crippen LogP contribution is 2.26. The van der Waals surface area contributed by atoms with Crippen LogP contribution in [-0.2, 0) is 9.47 Å². The fourth-order valence-corrected chi connectivity index (χ4v) is 2.33. The lowest BCUT2D eigenvalue weighted by atomic mass is 10.2. The van der Waals surface area contributed by atoms with Crippen LogP contribution in [0.2, 0.25) is 0 Å². The predicted octanol–water partition coefficient (Wildman–Crippen LogP) is 1.33. The number of nitrogens with one attached hydrogen (secondary N) is 2. The molecule has 0 aromatic carbocycles. The summed E-state index contributed by atoms with van der Waals surface area (Å²) in [6.07, 6.45) is 0.826. The molecule has 4 N–H and O–H groups in total. The third-order valence-electron chi connectivity index (χ3n) is 2.55. The molecule has 0 aliphatic carbocycles. The summed E-state index contributed by atoms with van der Waals surface area (Å²) >= 11 is 1.20. The highest BCUT2D eigenvalue weighted by molar-refractivity contribution is 7.11. The fourth-order valence-electron chi connectivity index (χ4n) is 1.60. The maximum atomic E-state index is 12.1. The smallest absolute Gasteiger partial charge is 0.258 e. The first kappa shape index (κ1) is 17.7. The minimum atomic E-state index is -0.199. The maximum Gasteiger partial charge on any atom is 0.258 e. The molecule has 0 saturated heterocycles. The molecule has 1 rings (SSSR count). The molecule has 0 bridgehead atoms. The molecule has 0 spiro atoms. The van der Waals surface area contributed by atoms with Crippen molar-refractivity contribution in [2.75, 3.05) is 44.5 Å². The summed E-state index contributed by atoms with van der Waals surface area (Å²) in [6.45, 7) is 6.32. The molecular formula is C13H24N4O3S. The largest absolute Gasteiger partial charge is 0.382 e. The summed E-state index contributed by atoms with van der Waals surface area (Å²) in [5.41, 5.74) is 6.19. The van der Waals surface area contributed by atoms with E-state index in [0.29, 0.717) is 36.9 Å². The van der Waals surface area contributed by atoms with Crippen molar-refractivity contribution in [3.05, 3.63) is 5.56 Å². The average molecular weight is 316 g/mol. The van der Waals surface area contributed by atoms with Gasteiger partial charge in [-0.2, -0.15) is 4.37 Å². The molecule has 0 aliphatic rings. The number of hydrogen-bond acceptors (Lipinski definition) is 7. The van der Waals surface area contributed by atoms with Crippen LogP contribution in [0.1, 0.15) is 30.6 Å². The van der Waals surface area contributed by atoms with Crippen molar-refractivity contribution in [1.82, 2.24) is 9.69 Å². The van der Waals surface area contributed by atoms with Gasteiger partial charge in [-0.15, -0.1) is 0 Å². The van der Waals surface area contributed by atoms with Crippen molar-refractivity contribution in [1.29, 1.82) is 0 Å². The minimum Gasteiger partial charge on any atom is -0.382 e. The number of anilines is 2. The minimum absolute atomic E-state index is 0.0545. The van der Waals surface area contributed by atoms with Crippen LogP contribution in [0.5, 0.6) is 0 Å². The average Bonchev–Trinajstić information content (AvgIpc) is 2.78. The zero-order valence-electron chi connectivity index (χ0n) is 12.8. The summed E-state index contributed by atoms with van der Waals surface area (Å²) in [5.74, 6) is 0.0621. The number of aromatic nitrogens is 1. The molecule has 120 valence electrons. The van der Waals surface area contributed by atoms with E-state index in [4.69, 9.17) is 15.2 Å². The van der Waals surface area contributed by atoms with Crippen LogP contribution in [0.15, 0.2) is 0 Å². The van der Waals surface area contributed by atoms with E-state index in [0.717, 1.165) is 6.42 Å². The van der Waals surface area contributed by atoms with Gasteiger partial charge in [-0.05, 0) is 31.8 Å². The molecule has 1 aromatic heterocycles. The quantitative estimate of drug-likeness (QED) is 0.563. The molecule has 1 heterocycles. The second kappa shape index (κ2) is 9.54. The number of nitrogens with zero attached hydrogens (tertiary/aromatic N) is 1. The molecule has 21 heavy (non-hydrogen) atoms. The molecule has 8 heteroatoms. The zero-order valence-corrected chi connectivity index (χ0v) is 13.6. The van der Waals surface area contributed by atoms with E-state index >= 15 is 0 Å². The lowest BCUT2D eigenvalue weighted by molar-refractivity contribution is 0.0705. The molecule has 1 aromatic rings. The van der Waals surface area contributed by atoms with Gasteiger partial charge < -0.3 is 25.8 Å². The van der Waals surface area contributed by atoms with Gasteiger partial charge in [0.2, 0.25) is 0 Å². The summed E-state index contributed by atoms with van der Waals surface area (Å²) in [5, 5.41) is 6.70. The standard InChI is InChI=1S/C13H24N4O3S/c1-9(2)16-12(18)10-11(14)17-21-13(10)15-5-4-6-20-8-7-19-3/h9,15H,4-8H2,1-3H3,(H2,14,17)(H,16,18). The number of rotatable bonds is 10. The topological polar surface area (TPSA) is 98.5 Å². The Balaban J connectivity index is 2.40. The lowest BCUT2D eigenvalue weighted by Gasteiger charge is -2.10. The highest BCUT2D eigenvalue weighted by atomic mass is 32.1. The van der Waals surface area contributed by atoms with E-state index in [1.165, 1.54) is 11.5 Å². The van der Waals surface area contributed by atoms with E-state index in [9.17, 15) is 4.79 Å². The molecule has 1 amide bonds. The van der Waals surface area contributed by atoms with Crippen LogP contribution in [0.25, 0.3) is 0 Å². The monoisotopic (exact) mass is 316 g/mol. The van der Waals surface area contributed by atoms with Gasteiger partial charge in [-0.3, -0.25) is 4.79 Å². The summed E-state index contributed by atoms with van der Waals surface area (Å²) in [4.78, 5) is 12.1. The Kier molecular flexibility index (Phi) is 8.03. The van der Waals surface area contributed by atoms with E-state index < -0.39 is 0 Å². The van der Waals surface area contributed by atoms with Gasteiger partial charge in [0, 0.05) is 26.3 Å². The first-order valence-electron chi connectivity index (χ1n) is 6.92. The molecule has 0 saturated carbocycles. The number of carbonyl (C=O) groups is 1. The molecule has 0 aliphatic heterocycles. The van der Waals surface area contributed by atoms with E-state index in [-0.39, 0.29) is 17.8 Å². The highest BCUT2D eigenvalue weighted by Gasteiger charge is 2.19. The van der Waals surface area contributed by atoms with Gasteiger partial charge in [-0.25, -0.2) is 0 Å². The van der Waals surface area contributed by atoms with Crippen LogP contribution in [0.3, 0.4) is 0 Å². The molecule has 0 radical (unpaired) electrons. The van der Waals surface area contributed by atoms with Crippen molar-refractivity contribution in [2.45, 2.75) is 26.3 Å². The number of methoxy groups -OCH3 is 1. The normalized spacial score (nSPS) is 10.9. The number of carbonyl (C=O) groups excluding carboxylic acids is 1. The fraction of sp³-hybridized carbons (Fsp3) is 0.692.